The topological polar surface area (TPSA) is 127 Å². The van der Waals surface area contributed by atoms with E-state index in [0.29, 0.717) is 9.25 Å². The number of carbonyl (C=O) groups is 2. The molecule has 1 heterocycles. The third-order valence-corrected chi connectivity index (χ3v) is 5.98. The van der Waals surface area contributed by atoms with Crippen molar-refractivity contribution < 1.29 is 45.8 Å². The predicted octanol–water partition coefficient (Wildman–Crippen LogP) is 3.91. The SMILES string of the molecule is CCNC(=O)OCC(NC(=O)Cn1nc(-c2ccc(Cl)cc2)n(C[C@H](O)C(F)(F)F)c1=O)c1ccccc1C(F)(F)F. The average molecular weight is 624 g/mol. The van der Waals surface area contributed by atoms with E-state index in [1.165, 1.54) is 30.3 Å². The Hall–Kier alpha value is -4.05. The lowest BCUT2D eigenvalue weighted by atomic mass is 10.00. The van der Waals surface area contributed by atoms with Crippen LogP contribution in [-0.4, -0.2) is 56.9 Å². The van der Waals surface area contributed by atoms with Gasteiger partial charge in [0.2, 0.25) is 5.91 Å². The summed E-state index contributed by atoms with van der Waals surface area (Å²) in [5.41, 5.74) is -2.67. The van der Waals surface area contributed by atoms with Gasteiger partial charge in [-0.3, -0.25) is 9.36 Å². The molecule has 2 amide bonds. The second-order valence-corrected chi connectivity index (χ2v) is 9.21. The van der Waals surface area contributed by atoms with Gasteiger partial charge in [0.05, 0.1) is 18.2 Å². The monoisotopic (exact) mass is 623 g/mol. The van der Waals surface area contributed by atoms with Crippen molar-refractivity contribution >= 4 is 23.6 Å². The van der Waals surface area contributed by atoms with Crippen molar-refractivity contribution in [2.75, 3.05) is 13.2 Å². The van der Waals surface area contributed by atoms with Crippen LogP contribution < -0.4 is 16.3 Å². The van der Waals surface area contributed by atoms with Crippen LogP contribution in [0, 0.1) is 0 Å². The van der Waals surface area contributed by atoms with Crippen molar-refractivity contribution in [1.29, 1.82) is 0 Å². The van der Waals surface area contributed by atoms with Crippen LogP contribution in [-0.2, 0) is 28.8 Å². The standard InChI is InChI=1S/C25H24ClF6N5O5/c1-2-33-22(40)42-13-18(16-5-3-4-6-17(16)24(27,28)29)34-20(39)12-37-23(41)36(11-19(38)25(30,31)32)21(35-37)14-7-9-15(26)10-8-14/h3-10,18-19,38H,2,11-13H2,1H3,(H,33,40)(H,34,39)/t18?,19-/m0/s1. The molecule has 0 aliphatic carbocycles. The van der Waals surface area contributed by atoms with Crippen LogP contribution in [0.1, 0.15) is 24.1 Å². The first kappa shape index (κ1) is 32.5. The average Bonchev–Trinajstić information content (AvgIpc) is 3.20. The molecule has 2 aromatic carbocycles. The van der Waals surface area contributed by atoms with Crippen molar-refractivity contribution in [3.8, 4) is 11.4 Å². The number of alkyl carbamates (subject to hydrolysis) is 1. The minimum atomic E-state index is -5.08. The molecule has 228 valence electrons. The molecule has 0 spiro atoms. The molecule has 0 aliphatic rings. The molecular weight excluding hydrogens is 600 g/mol. The molecule has 0 saturated carbocycles. The number of hydrogen-bond acceptors (Lipinski definition) is 6. The number of halogens is 7. The number of nitrogens with one attached hydrogen (secondary N) is 2. The molecular formula is C25H24ClF6N5O5. The molecule has 0 radical (unpaired) electrons. The zero-order valence-electron chi connectivity index (χ0n) is 21.7. The summed E-state index contributed by atoms with van der Waals surface area (Å²) in [5.74, 6) is -1.42. The summed E-state index contributed by atoms with van der Waals surface area (Å²) in [5, 5.41) is 18.3. The number of hydrogen-bond donors (Lipinski definition) is 3. The van der Waals surface area contributed by atoms with Crippen LogP contribution in [0.5, 0.6) is 0 Å². The van der Waals surface area contributed by atoms with E-state index >= 15 is 0 Å². The van der Waals surface area contributed by atoms with E-state index in [1.807, 2.05) is 0 Å². The molecule has 10 nitrogen and oxygen atoms in total. The lowest BCUT2D eigenvalue weighted by molar-refractivity contribution is -0.207. The first-order valence-corrected chi connectivity index (χ1v) is 12.5. The summed E-state index contributed by atoms with van der Waals surface area (Å²) >= 11 is 5.85. The third kappa shape index (κ3) is 8.25. The van der Waals surface area contributed by atoms with Gasteiger partial charge in [0, 0.05) is 17.1 Å². The second-order valence-electron chi connectivity index (χ2n) is 8.77. The number of benzene rings is 2. The van der Waals surface area contributed by atoms with Gasteiger partial charge in [-0.15, -0.1) is 5.10 Å². The highest BCUT2D eigenvalue weighted by Gasteiger charge is 2.40. The fourth-order valence-electron chi connectivity index (χ4n) is 3.80. The van der Waals surface area contributed by atoms with Crippen molar-refractivity contribution in [2.45, 2.75) is 44.5 Å². The number of alkyl halides is 6. The molecule has 0 aliphatic heterocycles. The van der Waals surface area contributed by atoms with E-state index in [2.05, 4.69) is 15.7 Å². The highest BCUT2D eigenvalue weighted by Crippen LogP contribution is 2.34. The van der Waals surface area contributed by atoms with Crippen LogP contribution in [0.25, 0.3) is 11.4 Å². The Bertz CT molecular complexity index is 1460. The normalized spacial score (nSPS) is 13.4. The predicted molar refractivity (Wildman–Crippen MR) is 136 cm³/mol. The number of aromatic nitrogens is 3. The maximum Gasteiger partial charge on any atom is 0.416 e. The Balaban J connectivity index is 1.95. The summed E-state index contributed by atoms with van der Waals surface area (Å²) in [7, 11) is 0. The number of amides is 2. The first-order chi connectivity index (χ1) is 19.6. The zero-order chi connectivity index (χ0) is 31.2. The summed E-state index contributed by atoms with van der Waals surface area (Å²) in [6.45, 7) is -1.21. The minimum Gasteiger partial charge on any atom is -0.447 e. The van der Waals surface area contributed by atoms with Gasteiger partial charge >= 0.3 is 24.1 Å². The Morgan fingerprint density at radius 3 is 2.31 bits per heavy atom. The third-order valence-electron chi connectivity index (χ3n) is 5.73. The molecule has 3 rings (SSSR count). The van der Waals surface area contributed by atoms with Gasteiger partial charge in [0.15, 0.2) is 11.9 Å². The molecule has 1 unspecified atom stereocenters. The van der Waals surface area contributed by atoms with Gasteiger partial charge in [-0.25, -0.2) is 14.3 Å². The minimum absolute atomic E-state index is 0.123. The fraction of sp³-hybridized carbons (Fsp3) is 0.360. The maximum absolute atomic E-state index is 13.7. The van der Waals surface area contributed by atoms with Crippen LogP contribution in [0.4, 0.5) is 31.1 Å². The summed E-state index contributed by atoms with van der Waals surface area (Å²) < 4.78 is 86.2. The van der Waals surface area contributed by atoms with Gasteiger partial charge in [-0.05, 0) is 42.8 Å². The van der Waals surface area contributed by atoms with Gasteiger partial charge in [-0.1, -0.05) is 29.8 Å². The molecule has 0 bridgehead atoms. The Morgan fingerprint density at radius 2 is 1.71 bits per heavy atom. The zero-order valence-corrected chi connectivity index (χ0v) is 22.4. The molecule has 3 aromatic rings. The first-order valence-electron chi connectivity index (χ1n) is 12.2. The quantitative estimate of drug-likeness (QED) is 0.294. The molecule has 0 saturated heterocycles. The van der Waals surface area contributed by atoms with Gasteiger partial charge in [-0.2, -0.15) is 26.3 Å². The van der Waals surface area contributed by atoms with E-state index in [1.54, 1.807) is 6.92 Å². The van der Waals surface area contributed by atoms with E-state index < -0.39 is 73.0 Å². The van der Waals surface area contributed by atoms with Crippen molar-refractivity contribution in [3.63, 3.8) is 0 Å². The molecule has 2 atom stereocenters. The number of nitrogens with zero attached hydrogens (tertiary/aromatic N) is 3. The summed E-state index contributed by atoms with van der Waals surface area (Å²) in [6, 6.07) is 8.09. The summed E-state index contributed by atoms with van der Waals surface area (Å²) in [4.78, 5) is 37.8. The van der Waals surface area contributed by atoms with E-state index in [-0.39, 0.29) is 23.0 Å². The number of aliphatic hydroxyl groups excluding tert-OH is 1. The highest BCUT2D eigenvalue weighted by molar-refractivity contribution is 6.30. The van der Waals surface area contributed by atoms with Crippen LogP contribution in [0.15, 0.2) is 53.3 Å². The molecule has 17 heteroatoms. The summed E-state index contributed by atoms with van der Waals surface area (Å²) in [6.07, 6.45) is -13.8. The van der Waals surface area contributed by atoms with Gasteiger partial charge in [0.25, 0.3) is 0 Å². The fourth-order valence-corrected chi connectivity index (χ4v) is 3.92. The number of rotatable bonds is 10. The van der Waals surface area contributed by atoms with E-state index in [4.69, 9.17) is 16.3 Å². The van der Waals surface area contributed by atoms with Crippen molar-refractivity contribution in [3.05, 3.63) is 75.2 Å². The van der Waals surface area contributed by atoms with Gasteiger partial charge < -0.3 is 20.5 Å². The van der Waals surface area contributed by atoms with Crippen LogP contribution in [0.3, 0.4) is 0 Å². The van der Waals surface area contributed by atoms with Crippen LogP contribution >= 0.6 is 11.6 Å². The van der Waals surface area contributed by atoms with E-state index in [9.17, 15) is 45.8 Å². The Labute approximate surface area is 238 Å². The van der Waals surface area contributed by atoms with Gasteiger partial charge in [0.1, 0.15) is 13.2 Å². The number of ether oxygens (including phenoxy) is 1. The number of aliphatic hydroxyl groups is 1. The van der Waals surface area contributed by atoms with Crippen molar-refractivity contribution in [1.82, 2.24) is 25.0 Å². The van der Waals surface area contributed by atoms with Crippen LogP contribution in [0.2, 0.25) is 5.02 Å². The highest BCUT2D eigenvalue weighted by atomic mass is 35.5. The molecule has 3 N–H and O–H groups in total. The molecule has 42 heavy (non-hydrogen) atoms. The second kappa shape index (κ2) is 13.3. The number of carbonyl (C=O) groups excluding carboxylic acids is 2. The Morgan fingerprint density at radius 1 is 1.07 bits per heavy atom. The Kier molecular flexibility index (Phi) is 10.3. The lowest BCUT2D eigenvalue weighted by Gasteiger charge is -2.23. The van der Waals surface area contributed by atoms with E-state index in [0.717, 1.165) is 18.2 Å². The molecule has 0 fully saturated rings. The lowest BCUT2D eigenvalue weighted by Crippen LogP contribution is -2.40. The smallest absolute Gasteiger partial charge is 0.416 e. The largest absolute Gasteiger partial charge is 0.447 e. The molecule has 1 aromatic heterocycles. The van der Waals surface area contributed by atoms with Crippen molar-refractivity contribution in [2.24, 2.45) is 0 Å². The maximum atomic E-state index is 13.7.